The summed E-state index contributed by atoms with van der Waals surface area (Å²) in [7, 11) is 0. The van der Waals surface area contributed by atoms with Crippen LogP contribution in [0.15, 0.2) is 12.4 Å². The SMILES string of the molecule is Cc1ncc(-c2[nH]ncc2N)s1. The van der Waals surface area contributed by atoms with Crippen molar-refractivity contribution in [2.45, 2.75) is 6.92 Å². The second kappa shape index (κ2) is 2.60. The van der Waals surface area contributed by atoms with Gasteiger partial charge in [0.1, 0.15) is 0 Å². The van der Waals surface area contributed by atoms with Gasteiger partial charge in [-0.2, -0.15) is 5.10 Å². The second-order valence-electron chi connectivity index (χ2n) is 2.44. The number of hydrogen-bond donors (Lipinski definition) is 2. The highest BCUT2D eigenvalue weighted by Gasteiger charge is 2.06. The van der Waals surface area contributed by atoms with Gasteiger partial charge in [-0.05, 0) is 6.92 Å². The molecule has 0 saturated carbocycles. The molecule has 2 rings (SSSR count). The Labute approximate surface area is 73.5 Å². The number of nitrogens with zero attached hydrogens (tertiary/aromatic N) is 2. The number of aromatic nitrogens is 3. The van der Waals surface area contributed by atoms with E-state index >= 15 is 0 Å². The minimum Gasteiger partial charge on any atom is -0.396 e. The molecule has 62 valence electrons. The number of nitrogens with two attached hydrogens (primary N) is 1. The first-order valence-corrected chi connectivity index (χ1v) is 4.30. The maximum atomic E-state index is 5.67. The Kier molecular flexibility index (Phi) is 1.58. The maximum Gasteiger partial charge on any atom is 0.0995 e. The van der Waals surface area contributed by atoms with Crippen LogP contribution in [-0.2, 0) is 0 Å². The van der Waals surface area contributed by atoms with Gasteiger partial charge >= 0.3 is 0 Å². The number of aromatic amines is 1. The highest BCUT2D eigenvalue weighted by molar-refractivity contribution is 7.15. The number of aryl methyl sites for hydroxylation is 1. The third-order valence-electron chi connectivity index (χ3n) is 1.54. The minimum atomic E-state index is 0.665. The second-order valence-corrected chi connectivity index (χ2v) is 3.68. The number of thiazole rings is 1. The van der Waals surface area contributed by atoms with Crippen LogP contribution in [-0.4, -0.2) is 15.2 Å². The van der Waals surface area contributed by atoms with E-state index in [9.17, 15) is 0 Å². The number of H-pyrrole nitrogens is 1. The Bertz CT molecular complexity index is 390. The van der Waals surface area contributed by atoms with Crippen molar-refractivity contribution in [1.29, 1.82) is 0 Å². The molecule has 0 unspecified atom stereocenters. The number of nitrogens with one attached hydrogen (secondary N) is 1. The van der Waals surface area contributed by atoms with E-state index in [-0.39, 0.29) is 0 Å². The van der Waals surface area contributed by atoms with E-state index in [0.717, 1.165) is 15.6 Å². The van der Waals surface area contributed by atoms with Gasteiger partial charge in [0.05, 0.1) is 27.5 Å². The lowest BCUT2D eigenvalue weighted by Crippen LogP contribution is -1.83. The average Bonchev–Trinajstić information content (AvgIpc) is 2.58. The summed E-state index contributed by atoms with van der Waals surface area (Å²) in [6.45, 7) is 1.96. The average molecular weight is 180 g/mol. The normalized spacial score (nSPS) is 10.4. The van der Waals surface area contributed by atoms with Crippen LogP contribution in [0.2, 0.25) is 0 Å². The lowest BCUT2D eigenvalue weighted by Gasteiger charge is -1.90. The van der Waals surface area contributed by atoms with E-state index in [0.29, 0.717) is 5.69 Å². The predicted molar refractivity (Wildman–Crippen MR) is 48.8 cm³/mol. The molecule has 0 atom stereocenters. The molecule has 5 heteroatoms. The van der Waals surface area contributed by atoms with Crippen LogP contribution in [0.1, 0.15) is 5.01 Å². The summed E-state index contributed by atoms with van der Waals surface area (Å²) in [5, 5.41) is 7.69. The fourth-order valence-electron chi connectivity index (χ4n) is 0.970. The van der Waals surface area contributed by atoms with E-state index in [2.05, 4.69) is 15.2 Å². The zero-order valence-corrected chi connectivity index (χ0v) is 7.35. The van der Waals surface area contributed by atoms with Gasteiger partial charge in [-0.1, -0.05) is 0 Å². The summed E-state index contributed by atoms with van der Waals surface area (Å²) in [5.74, 6) is 0. The van der Waals surface area contributed by atoms with E-state index in [4.69, 9.17) is 5.73 Å². The summed E-state index contributed by atoms with van der Waals surface area (Å²) >= 11 is 1.60. The zero-order chi connectivity index (χ0) is 8.55. The smallest absolute Gasteiger partial charge is 0.0995 e. The highest BCUT2D eigenvalue weighted by Crippen LogP contribution is 2.27. The number of hydrogen-bond acceptors (Lipinski definition) is 4. The summed E-state index contributed by atoms with van der Waals surface area (Å²) in [6.07, 6.45) is 3.40. The third-order valence-corrected chi connectivity index (χ3v) is 2.47. The molecule has 0 aliphatic rings. The molecular weight excluding hydrogens is 172 g/mol. The topological polar surface area (TPSA) is 67.6 Å². The number of anilines is 1. The van der Waals surface area contributed by atoms with Gasteiger partial charge in [0.25, 0.3) is 0 Å². The first kappa shape index (κ1) is 7.30. The van der Waals surface area contributed by atoms with Gasteiger partial charge in [-0.3, -0.25) is 5.10 Å². The predicted octanol–water partition coefficient (Wildman–Crippen LogP) is 1.42. The van der Waals surface area contributed by atoms with E-state index < -0.39 is 0 Å². The fourth-order valence-corrected chi connectivity index (χ4v) is 1.76. The molecule has 2 aromatic rings. The summed E-state index contributed by atoms with van der Waals surface area (Å²) < 4.78 is 0. The molecule has 0 amide bonds. The molecule has 0 aliphatic heterocycles. The number of nitrogen functional groups attached to an aromatic ring is 1. The van der Waals surface area contributed by atoms with Crippen LogP contribution in [0.25, 0.3) is 10.6 Å². The van der Waals surface area contributed by atoms with Crippen LogP contribution >= 0.6 is 11.3 Å². The van der Waals surface area contributed by atoms with Gasteiger partial charge in [0, 0.05) is 6.20 Å². The summed E-state index contributed by atoms with van der Waals surface area (Å²) in [4.78, 5) is 5.16. The van der Waals surface area contributed by atoms with Crippen molar-refractivity contribution in [2.24, 2.45) is 0 Å². The van der Waals surface area contributed by atoms with Crippen molar-refractivity contribution in [3.63, 3.8) is 0 Å². The Hall–Kier alpha value is -1.36. The molecule has 0 aliphatic carbocycles. The first-order chi connectivity index (χ1) is 5.77. The maximum absolute atomic E-state index is 5.67. The van der Waals surface area contributed by atoms with Gasteiger partial charge in [-0.25, -0.2) is 4.98 Å². The zero-order valence-electron chi connectivity index (χ0n) is 6.53. The molecule has 12 heavy (non-hydrogen) atoms. The monoisotopic (exact) mass is 180 g/mol. The molecule has 3 N–H and O–H groups in total. The standard InChI is InChI=1S/C7H8N4S/c1-4-9-3-6(12-4)7-5(8)2-10-11-7/h2-3H,8H2,1H3,(H,10,11). The van der Waals surface area contributed by atoms with E-state index in [1.807, 2.05) is 6.92 Å². The number of rotatable bonds is 1. The summed E-state index contributed by atoms with van der Waals surface area (Å²) in [6, 6.07) is 0. The van der Waals surface area contributed by atoms with Crippen LogP contribution in [0.5, 0.6) is 0 Å². The molecule has 0 radical (unpaired) electrons. The van der Waals surface area contributed by atoms with Gasteiger partial charge in [0.15, 0.2) is 0 Å². The van der Waals surface area contributed by atoms with Gasteiger partial charge in [-0.15, -0.1) is 11.3 Å². The van der Waals surface area contributed by atoms with E-state index in [1.54, 1.807) is 23.7 Å². The van der Waals surface area contributed by atoms with Crippen molar-refractivity contribution < 1.29 is 0 Å². The molecule has 2 aromatic heterocycles. The summed E-state index contributed by atoms with van der Waals surface area (Å²) in [5.41, 5.74) is 7.19. The first-order valence-electron chi connectivity index (χ1n) is 3.49. The Morgan fingerprint density at radius 1 is 1.50 bits per heavy atom. The highest BCUT2D eigenvalue weighted by atomic mass is 32.1. The van der Waals surface area contributed by atoms with Crippen LogP contribution in [0.4, 0.5) is 5.69 Å². The fraction of sp³-hybridized carbons (Fsp3) is 0.143. The molecule has 0 fully saturated rings. The van der Waals surface area contributed by atoms with Gasteiger partial charge in [0.2, 0.25) is 0 Å². The molecule has 4 nitrogen and oxygen atoms in total. The Morgan fingerprint density at radius 3 is 2.83 bits per heavy atom. The molecule has 0 aromatic carbocycles. The molecular formula is C7H8N4S. The van der Waals surface area contributed by atoms with Crippen molar-refractivity contribution in [1.82, 2.24) is 15.2 Å². The molecule has 0 spiro atoms. The van der Waals surface area contributed by atoms with Crippen molar-refractivity contribution in [2.75, 3.05) is 5.73 Å². The minimum absolute atomic E-state index is 0.665. The van der Waals surface area contributed by atoms with E-state index in [1.165, 1.54) is 0 Å². The Balaban J connectivity index is 2.50. The lowest BCUT2D eigenvalue weighted by molar-refractivity contribution is 1.10. The van der Waals surface area contributed by atoms with Crippen LogP contribution in [0.3, 0.4) is 0 Å². The molecule has 0 bridgehead atoms. The molecule has 2 heterocycles. The lowest BCUT2D eigenvalue weighted by atomic mass is 10.3. The quantitative estimate of drug-likeness (QED) is 0.697. The third kappa shape index (κ3) is 1.08. The van der Waals surface area contributed by atoms with Crippen LogP contribution in [0, 0.1) is 6.92 Å². The Morgan fingerprint density at radius 2 is 2.33 bits per heavy atom. The molecule has 0 saturated heterocycles. The van der Waals surface area contributed by atoms with Gasteiger partial charge < -0.3 is 5.73 Å². The largest absolute Gasteiger partial charge is 0.396 e. The van der Waals surface area contributed by atoms with Crippen LogP contribution < -0.4 is 5.73 Å². The van der Waals surface area contributed by atoms with Crippen molar-refractivity contribution >= 4 is 17.0 Å². The van der Waals surface area contributed by atoms with Crippen molar-refractivity contribution in [3.05, 3.63) is 17.4 Å². The van der Waals surface area contributed by atoms with Crippen molar-refractivity contribution in [3.8, 4) is 10.6 Å².